The van der Waals surface area contributed by atoms with Gasteiger partial charge in [-0.3, -0.25) is 4.79 Å². The van der Waals surface area contributed by atoms with Crippen LogP contribution in [0.1, 0.15) is 34.8 Å². The fraction of sp³-hybridized carbons (Fsp3) is 0.267. The van der Waals surface area contributed by atoms with Crippen molar-refractivity contribution in [1.29, 1.82) is 0 Å². The molecule has 0 radical (unpaired) electrons. The molecule has 6 heteroatoms. The molecule has 6 nitrogen and oxygen atoms in total. The molecule has 0 saturated heterocycles. The third kappa shape index (κ3) is 2.52. The van der Waals surface area contributed by atoms with Crippen LogP contribution in [0.15, 0.2) is 35.4 Å². The summed E-state index contributed by atoms with van der Waals surface area (Å²) in [5.74, 6) is -1.04. The number of aromatic nitrogens is 2. The Morgan fingerprint density at radius 2 is 2.19 bits per heavy atom. The molecule has 21 heavy (non-hydrogen) atoms. The normalized spacial score (nSPS) is 14.0. The predicted octanol–water partition coefficient (Wildman–Crippen LogP) is 2.38. The molecule has 3 rings (SSSR count). The van der Waals surface area contributed by atoms with Crippen molar-refractivity contribution in [2.45, 2.75) is 25.8 Å². The Kier molecular flexibility index (Phi) is 3.21. The molecule has 1 aliphatic rings. The summed E-state index contributed by atoms with van der Waals surface area (Å²) < 4.78 is 7.11. The van der Waals surface area contributed by atoms with Crippen molar-refractivity contribution in [3.05, 3.63) is 52.1 Å². The summed E-state index contributed by atoms with van der Waals surface area (Å²) in [5, 5.41) is 9.21. The van der Waals surface area contributed by atoms with Gasteiger partial charge in [-0.05, 0) is 31.4 Å². The monoisotopic (exact) mass is 286 g/mol. The molecule has 1 aromatic carbocycles. The zero-order chi connectivity index (χ0) is 15.0. The first-order valence-electron chi connectivity index (χ1n) is 6.66. The standard InChI is InChI=1S/C15H14N2O4/c1-9-3-2-4-11(15(19)20)12(9)21-13-14(18)17(8-7-16-13)10-5-6-10/h2-4,7-8,10H,5-6H2,1H3,(H,19,20). The van der Waals surface area contributed by atoms with Crippen molar-refractivity contribution in [3.63, 3.8) is 0 Å². The maximum absolute atomic E-state index is 12.3. The Balaban J connectivity index is 2.03. The number of carboxylic acid groups (broad SMARTS) is 1. The number of para-hydroxylation sites is 1. The lowest BCUT2D eigenvalue weighted by Gasteiger charge is -2.11. The number of carbonyl (C=O) groups is 1. The minimum Gasteiger partial charge on any atom is -0.478 e. The first-order chi connectivity index (χ1) is 10.1. The maximum Gasteiger partial charge on any atom is 0.339 e. The third-order valence-electron chi connectivity index (χ3n) is 3.42. The van der Waals surface area contributed by atoms with Gasteiger partial charge in [0.1, 0.15) is 11.3 Å². The molecular weight excluding hydrogens is 272 g/mol. The maximum atomic E-state index is 12.3. The molecule has 0 spiro atoms. The van der Waals surface area contributed by atoms with E-state index in [2.05, 4.69) is 4.98 Å². The van der Waals surface area contributed by atoms with Crippen LogP contribution in [-0.4, -0.2) is 20.6 Å². The van der Waals surface area contributed by atoms with Crippen molar-refractivity contribution >= 4 is 5.97 Å². The summed E-state index contributed by atoms with van der Waals surface area (Å²) in [6, 6.07) is 5.00. The highest BCUT2D eigenvalue weighted by atomic mass is 16.5. The van der Waals surface area contributed by atoms with Crippen LogP contribution < -0.4 is 10.3 Å². The quantitative estimate of drug-likeness (QED) is 0.933. The van der Waals surface area contributed by atoms with E-state index in [1.54, 1.807) is 29.8 Å². The van der Waals surface area contributed by atoms with Crippen molar-refractivity contribution in [2.24, 2.45) is 0 Å². The summed E-state index contributed by atoms with van der Waals surface area (Å²) >= 11 is 0. The van der Waals surface area contributed by atoms with Crippen LogP contribution in [0.4, 0.5) is 0 Å². The molecule has 108 valence electrons. The molecule has 1 fully saturated rings. The average molecular weight is 286 g/mol. The molecule has 0 unspecified atom stereocenters. The van der Waals surface area contributed by atoms with Gasteiger partial charge in [0.05, 0.1) is 0 Å². The molecule has 2 aromatic rings. The van der Waals surface area contributed by atoms with Crippen LogP contribution in [0.2, 0.25) is 0 Å². The van der Waals surface area contributed by atoms with Gasteiger partial charge in [-0.15, -0.1) is 0 Å². The highest BCUT2D eigenvalue weighted by Gasteiger charge is 2.26. The summed E-state index contributed by atoms with van der Waals surface area (Å²) in [6.07, 6.45) is 5.05. The number of aromatic carboxylic acids is 1. The lowest BCUT2D eigenvalue weighted by Crippen LogP contribution is -2.21. The van der Waals surface area contributed by atoms with Crippen LogP contribution in [0, 0.1) is 6.92 Å². The number of hydrogen-bond acceptors (Lipinski definition) is 4. The molecule has 1 heterocycles. The number of rotatable bonds is 4. The van der Waals surface area contributed by atoms with Gasteiger partial charge in [0.25, 0.3) is 5.88 Å². The van der Waals surface area contributed by atoms with Gasteiger partial charge in [0.2, 0.25) is 0 Å². The second-order valence-corrected chi connectivity index (χ2v) is 5.03. The van der Waals surface area contributed by atoms with Crippen LogP contribution in [0.3, 0.4) is 0 Å². The smallest absolute Gasteiger partial charge is 0.339 e. The molecule has 1 saturated carbocycles. The Bertz CT molecular complexity index is 763. The Labute approximate surface area is 120 Å². The lowest BCUT2D eigenvalue weighted by atomic mass is 10.1. The largest absolute Gasteiger partial charge is 0.478 e. The van der Waals surface area contributed by atoms with E-state index < -0.39 is 5.97 Å². The van der Waals surface area contributed by atoms with E-state index in [-0.39, 0.29) is 28.8 Å². The Morgan fingerprint density at radius 1 is 1.43 bits per heavy atom. The molecule has 0 amide bonds. The zero-order valence-corrected chi connectivity index (χ0v) is 11.4. The van der Waals surface area contributed by atoms with Crippen molar-refractivity contribution in [1.82, 2.24) is 9.55 Å². The predicted molar refractivity (Wildman–Crippen MR) is 75.0 cm³/mol. The Hall–Kier alpha value is -2.63. The summed E-state index contributed by atoms with van der Waals surface area (Å²) in [4.78, 5) is 27.5. The van der Waals surface area contributed by atoms with E-state index in [4.69, 9.17) is 4.74 Å². The SMILES string of the molecule is Cc1cccc(C(=O)O)c1Oc1nccn(C2CC2)c1=O. The van der Waals surface area contributed by atoms with E-state index in [0.29, 0.717) is 5.56 Å². The van der Waals surface area contributed by atoms with E-state index in [1.807, 2.05) is 0 Å². The second kappa shape index (κ2) is 5.05. The number of ether oxygens (including phenoxy) is 1. The van der Waals surface area contributed by atoms with Crippen molar-refractivity contribution < 1.29 is 14.6 Å². The minimum atomic E-state index is -1.10. The summed E-state index contributed by atoms with van der Waals surface area (Å²) in [7, 11) is 0. The lowest BCUT2D eigenvalue weighted by molar-refractivity contribution is 0.0694. The minimum absolute atomic E-state index is 0.0121. The van der Waals surface area contributed by atoms with Crippen molar-refractivity contribution in [3.8, 4) is 11.6 Å². The number of benzene rings is 1. The van der Waals surface area contributed by atoms with E-state index >= 15 is 0 Å². The zero-order valence-electron chi connectivity index (χ0n) is 11.4. The highest BCUT2D eigenvalue weighted by molar-refractivity contribution is 5.91. The van der Waals surface area contributed by atoms with Crippen molar-refractivity contribution in [2.75, 3.05) is 0 Å². The summed E-state index contributed by atoms with van der Waals surface area (Å²) in [6.45, 7) is 1.73. The fourth-order valence-electron chi connectivity index (χ4n) is 2.17. The molecular formula is C15H14N2O4. The first kappa shape index (κ1) is 13.4. The average Bonchev–Trinajstić information content (AvgIpc) is 3.27. The fourth-order valence-corrected chi connectivity index (χ4v) is 2.17. The molecule has 0 bridgehead atoms. The van der Waals surface area contributed by atoms with E-state index in [0.717, 1.165) is 12.8 Å². The van der Waals surface area contributed by atoms with Gasteiger partial charge in [-0.25, -0.2) is 9.78 Å². The van der Waals surface area contributed by atoms with Gasteiger partial charge in [0.15, 0.2) is 0 Å². The van der Waals surface area contributed by atoms with Crippen LogP contribution in [-0.2, 0) is 0 Å². The number of nitrogens with zero attached hydrogens (tertiary/aromatic N) is 2. The van der Waals surface area contributed by atoms with Gasteiger partial charge >= 0.3 is 11.5 Å². The van der Waals surface area contributed by atoms with E-state index in [9.17, 15) is 14.7 Å². The number of aryl methyl sites for hydroxylation is 1. The van der Waals surface area contributed by atoms with Gasteiger partial charge in [0, 0.05) is 18.4 Å². The molecule has 1 aromatic heterocycles. The topological polar surface area (TPSA) is 81.4 Å². The van der Waals surface area contributed by atoms with E-state index in [1.165, 1.54) is 12.3 Å². The molecule has 0 atom stereocenters. The number of hydrogen-bond donors (Lipinski definition) is 1. The van der Waals surface area contributed by atoms with Crippen LogP contribution in [0.5, 0.6) is 11.6 Å². The summed E-state index contributed by atoms with van der Waals surface area (Å²) in [5.41, 5.74) is 0.315. The van der Waals surface area contributed by atoms with Gasteiger partial charge < -0.3 is 14.4 Å². The highest BCUT2D eigenvalue weighted by Crippen LogP contribution is 2.34. The molecule has 1 aliphatic carbocycles. The van der Waals surface area contributed by atoms with Crippen LogP contribution in [0.25, 0.3) is 0 Å². The first-order valence-corrected chi connectivity index (χ1v) is 6.66. The second-order valence-electron chi connectivity index (χ2n) is 5.03. The molecule has 0 aliphatic heterocycles. The van der Waals surface area contributed by atoms with Gasteiger partial charge in [-0.2, -0.15) is 0 Å². The Morgan fingerprint density at radius 3 is 2.86 bits per heavy atom. The van der Waals surface area contributed by atoms with Gasteiger partial charge in [-0.1, -0.05) is 12.1 Å². The number of carboxylic acids is 1. The third-order valence-corrected chi connectivity index (χ3v) is 3.42. The van der Waals surface area contributed by atoms with Crippen LogP contribution >= 0.6 is 0 Å². The molecule has 1 N–H and O–H groups in total.